The molecule has 0 saturated carbocycles. The van der Waals surface area contributed by atoms with Crippen LogP contribution in [-0.4, -0.2) is 53.0 Å². The molecule has 1 aliphatic heterocycles. The number of hydrogen-bond acceptors (Lipinski definition) is 5. The molecule has 0 radical (unpaired) electrons. The van der Waals surface area contributed by atoms with Gasteiger partial charge in [-0.3, -0.25) is 4.90 Å². The molecule has 1 fully saturated rings. The normalized spacial score (nSPS) is 17.0. The van der Waals surface area contributed by atoms with Crippen LogP contribution in [0.5, 0.6) is 0 Å². The topological polar surface area (TPSA) is 58.3 Å². The van der Waals surface area contributed by atoms with Gasteiger partial charge in [0.1, 0.15) is 0 Å². The van der Waals surface area contributed by atoms with E-state index < -0.39 is 0 Å². The van der Waals surface area contributed by atoms with Gasteiger partial charge in [0, 0.05) is 44.5 Å². The zero-order valence-corrected chi connectivity index (χ0v) is 12.4. The first-order valence-corrected chi connectivity index (χ1v) is 7.29. The predicted molar refractivity (Wildman–Crippen MR) is 84.7 cm³/mol. The molecule has 2 N–H and O–H groups in total. The van der Waals surface area contributed by atoms with Crippen LogP contribution in [0.2, 0.25) is 0 Å². The van der Waals surface area contributed by atoms with Gasteiger partial charge in [0.2, 0.25) is 5.95 Å². The molecule has 0 bridgehead atoms. The number of nitrogen functional groups attached to an aromatic ring is 1. The van der Waals surface area contributed by atoms with Gasteiger partial charge in [-0.2, -0.15) is 0 Å². The Morgan fingerprint density at radius 1 is 1.14 bits per heavy atom. The number of hydrogen-bond donors (Lipinski definition) is 1. The van der Waals surface area contributed by atoms with E-state index in [2.05, 4.69) is 51.1 Å². The molecular weight excluding hydrogens is 262 g/mol. The summed E-state index contributed by atoms with van der Waals surface area (Å²) in [4.78, 5) is 13.1. The second-order valence-electron chi connectivity index (χ2n) is 5.58. The summed E-state index contributed by atoms with van der Waals surface area (Å²) < 4.78 is 0. The van der Waals surface area contributed by atoms with Crippen molar-refractivity contribution in [1.82, 2.24) is 19.8 Å². The molecule has 1 aromatic carbocycles. The Bertz CT molecular complexity index is 605. The first-order valence-electron chi connectivity index (χ1n) is 7.29. The van der Waals surface area contributed by atoms with Crippen molar-refractivity contribution in [2.24, 2.45) is 0 Å². The van der Waals surface area contributed by atoms with Gasteiger partial charge in [-0.1, -0.05) is 18.2 Å². The highest BCUT2D eigenvalue weighted by Gasteiger charge is 2.14. The van der Waals surface area contributed by atoms with Gasteiger partial charge in [-0.05, 0) is 24.7 Å². The van der Waals surface area contributed by atoms with E-state index in [-0.39, 0.29) is 0 Å². The van der Waals surface area contributed by atoms with Gasteiger partial charge in [0.05, 0.1) is 5.69 Å². The van der Waals surface area contributed by atoms with Crippen LogP contribution in [0, 0.1) is 0 Å². The van der Waals surface area contributed by atoms with E-state index >= 15 is 0 Å². The van der Waals surface area contributed by atoms with Gasteiger partial charge in [0.15, 0.2) is 0 Å². The number of aromatic nitrogens is 2. The van der Waals surface area contributed by atoms with Crippen molar-refractivity contribution >= 4 is 5.95 Å². The Kier molecular flexibility index (Phi) is 4.13. The number of benzene rings is 1. The number of rotatable bonds is 3. The lowest BCUT2D eigenvalue weighted by atomic mass is 10.1. The van der Waals surface area contributed by atoms with Crippen LogP contribution in [0.3, 0.4) is 0 Å². The van der Waals surface area contributed by atoms with E-state index in [9.17, 15) is 0 Å². The summed E-state index contributed by atoms with van der Waals surface area (Å²) in [6, 6.07) is 10.4. The van der Waals surface area contributed by atoms with Crippen LogP contribution in [0.25, 0.3) is 11.3 Å². The van der Waals surface area contributed by atoms with Crippen molar-refractivity contribution in [2.75, 3.05) is 39.0 Å². The molecule has 5 heteroatoms. The molecule has 0 unspecified atom stereocenters. The van der Waals surface area contributed by atoms with Crippen LogP contribution < -0.4 is 5.73 Å². The first kappa shape index (κ1) is 14.0. The highest BCUT2D eigenvalue weighted by molar-refractivity contribution is 5.60. The Balaban J connectivity index is 1.74. The number of nitrogens with two attached hydrogens (primary N) is 1. The minimum absolute atomic E-state index is 0.317. The molecule has 0 aliphatic carbocycles. The summed E-state index contributed by atoms with van der Waals surface area (Å²) in [7, 11) is 2.18. The van der Waals surface area contributed by atoms with Crippen molar-refractivity contribution in [3.8, 4) is 11.3 Å². The molecule has 2 heterocycles. The molecular formula is C16H21N5. The molecule has 21 heavy (non-hydrogen) atoms. The summed E-state index contributed by atoms with van der Waals surface area (Å²) >= 11 is 0. The van der Waals surface area contributed by atoms with Gasteiger partial charge in [-0.15, -0.1) is 0 Å². The maximum absolute atomic E-state index is 5.66. The lowest BCUT2D eigenvalue weighted by molar-refractivity contribution is 0.148. The Hall–Kier alpha value is -1.98. The average Bonchev–Trinajstić information content (AvgIpc) is 2.50. The summed E-state index contributed by atoms with van der Waals surface area (Å²) in [6.07, 6.45) is 1.70. The fraction of sp³-hybridized carbons (Fsp3) is 0.375. The van der Waals surface area contributed by atoms with Crippen LogP contribution in [0.15, 0.2) is 36.5 Å². The van der Waals surface area contributed by atoms with Crippen molar-refractivity contribution in [3.05, 3.63) is 42.1 Å². The van der Waals surface area contributed by atoms with Gasteiger partial charge >= 0.3 is 0 Å². The third-order valence-electron chi connectivity index (χ3n) is 3.90. The molecule has 1 aromatic heterocycles. The summed E-state index contributed by atoms with van der Waals surface area (Å²) in [5.74, 6) is 0.317. The average molecular weight is 283 g/mol. The van der Waals surface area contributed by atoms with E-state index in [0.29, 0.717) is 5.95 Å². The fourth-order valence-electron chi connectivity index (χ4n) is 2.63. The van der Waals surface area contributed by atoms with E-state index in [4.69, 9.17) is 5.73 Å². The smallest absolute Gasteiger partial charge is 0.220 e. The summed E-state index contributed by atoms with van der Waals surface area (Å²) in [5.41, 5.74) is 8.95. The van der Waals surface area contributed by atoms with Gasteiger partial charge in [-0.25, -0.2) is 9.97 Å². The maximum atomic E-state index is 5.66. The fourth-order valence-corrected chi connectivity index (χ4v) is 2.63. The second-order valence-corrected chi connectivity index (χ2v) is 5.58. The monoisotopic (exact) mass is 283 g/mol. The highest BCUT2D eigenvalue weighted by Crippen LogP contribution is 2.19. The third kappa shape index (κ3) is 3.56. The minimum atomic E-state index is 0.317. The summed E-state index contributed by atoms with van der Waals surface area (Å²) in [5, 5.41) is 0. The standard InChI is InChI=1S/C16H21N5/c1-20-7-9-21(10-8-20)12-13-3-2-4-14(11-13)15-5-6-18-16(17)19-15/h2-6,11H,7-10,12H2,1H3,(H2,17,18,19). The molecule has 110 valence electrons. The van der Waals surface area contributed by atoms with Crippen LogP contribution in [0.1, 0.15) is 5.56 Å². The van der Waals surface area contributed by atoms with Crippen molar-refractivity contribution in [2.45, 2.75) is 6.54 Å². The van der Waals surface area contributed by atoms with E-state index in [1.165, 1.54) is 5.56 Å². The number of likely N-dealkylation sites (N-methyl/N-ethyl adjacent to an activating group) is 1. The quantitative estimate of drug-likeness (QED) is 0.924. The Morgan fingerprint density at radius 3 is 2.71 bits per heavy atom. The van der Waals surface area contributed by atoms with Crippen LogP contribution in [0.4, 0.5) is 5.95 Å². The largest absolute Gasteiger partial charge is 0.368 e. The van der Waals surface area contributed by atoms with Gasteiger partial charge < -0.3 is 10.6 Å². The maximum Gasteiger partial charge on any atom is 0.220 e. The number of piperazine rings is 1. The van der Waals surface area contributed by atoms with Crippen LogP contribution >= 0.6 is 0 Å². The van der Waals surface area contributed by atoms with Crippen LogP contribution in [-0.2, 0) is 6.54 Å². The SMILES string of the molecule is CN1CCN(Cc2cccc(-c3ccnc(N)n3)c2)CC1. The zero-order valence-electron chi connectivity index (χ0n) is 12.4. The minimum Gasteiger partial charge on any atom is -0.368 e. The van der Waals surface area contributed by atoms with E-state index in [1.807, 2.05) is 6.07 Å². The molecule has 1 aliphatic rings. The molecule has 0 atom stereocenters. The summed E-state index contributed by atoms with van der Waals surface area (Å²) in [6.45, 7) is 5.52. The molecule has 3 rings (SSSR count). The number of anilines is 1. The third-order valence-corrected chi connectivity index (χ3v) is 3.90. The van der Waals surface area contributed by atoms with E-state index in [0.717, 1.165) is 44.0 Å². The molecule has 0 amide bonds. The Labute approximate surface area is 125 Å². The van der Waals surface area contributed by atoms with E-state index in [1.54, 1.807) is 6.20 Å². The highest BCUT2D eigenvalue weighted by atomic mass is 15.2. The number of nitrogens with zero attached hydrogens (tertiary/aromatic N) is 4. The Morgan fingerprint density at radius 2 is 1.95 bits per heavy atom. The zero-order chi connectivity index (χ0) is 14.7. The lowest BCUT2D eigenvalue weighted by Crippen LogP contribution is -2.43. The molecule has 5 nitrogen and oxygen atoms in total. The first-order chi connectivity index (χ1) is 10.2. The molecule has 2 aromatic rings. The second kappa shape index (κ2) is 6.20. The molecule has 0 spiro atoms. The van der Waals surface area contributed by atoms with Crippen molar-refractivity contribution in [3.63, 3.8) is 0 Å². The molecule has 1 saturated heterocycles. The van der Waals surface area contributed by atoms with Crippen molar-refractivity contribution in [1.29, 1.82) is 0 Å². The van der Waals surface area contributed by atoms with Gasteiger partial charge in [0.25, 0.3) is 0 Å². The van der Waals surface area contributed by atoms with Crippen molar-refractivity contribution < 1.29 is 0 Å². The predicted octanol–water partition coefficient (Wildman–Crippen LogP) is 1.47. The lowest BCUT2D eigenvalue weighted by Gasteiger charge is -2.32.